The summed E-state index contributed by atoms with van der Waals surface area (Å²) in [7, 11) is 1.49. The van der Waals surface area contributed by atoms with E-state index in [0.29, 0.717) is 53.5 Å². The highest BCUT2D eigenvalue weighted by molar-refractivity contribution is 6.13. The lowest BCUT2D eigenvalue weighted by molar-refractivity contribution is -0.124. The summed E-state index contributed by atoms with van der Waals surface area (Å²) in [6.45, 7) is 3.90. The molecule has 3 fully saturated rings. The van der Waals surface area contributed by atoms with E-state index in [1.807, 2.05) is 35.9 Å². The third-order valence-corrected chi connectivity index (χ3v) is 7.81. The first-order chi connectivity index (χ1) is 20.2. The minimum atomic E-state index is -0.364. The molecule has 2 atom stereocenters. The Morgan fingerprint density at radius 3 is 2.60 bits per heavy atom. The molecule has 2 aliphatic carbocycles. The van der Waals surface area contributed by atoms with E-state index >= 15 is 0 Å². The largest absolute Gasteiger partial charge is 0.348 e. The van der Waals surface area contributed by atoms with Crippen molar-refractivity contribution >= 4 is 41.1 Å². The Labute approximate surface area is 240 Å². The van der Waals surface area contributed by atoms with Crippen LogP contribution in [0.2, 0.25) is 0 Å². The van der Waals surface area contributed by atoms with Crippen LogP contribution in [-0.4, -0.2) is 70.6 Å². The van der Waals surface area contributed by atoms with Crippen LogP contribution in [0.4, 0.5) is 22.4 Å². The minimum Gasteiger partial charge on any atom is -0.348 e. The maximum atomic E-state index is 12.9. The molecule has 0 radical (unpaired) electrons. The predicted octanol–water partition coefficient (Wildman–Crippen LogP) is 2.56. The third-order valence-electron chi connectivity index (χ3n) is 7.81. The number of imidazole rings is 1. The van der Waals surface area contributed by atoms with Crippen molar-refractivity contribution in [1.29, 1.82) is 0 Å². The van der Waals surface area contributed by atoms with Gasteiger partial charge in [-0.1, -0.05) is 0 Å². The molecule has 7 rings (SSSR count). The fourth-order valence-electron chi connectivity index (χ4n) is 5.27. The molecule has 14 nitrogen and oxygen atoms in total. The molecule has 4 aromatic rings. The standard InChI is InChI=1S/C28H29N11O3/c1-14-6-7-29-23(31-14)19-9-20(19)25(41)35-27-33-15(2)32-26(36-27)30-10-18-12-38-11-17(16-4-5-16)8-21(24(38)34-18)39-13-22(40)37(3)28(39)42/h6-8,11-12,16,19-20H,4-5,9-10,13H2,1-3H3,(H2,30,32,33,35,36,41). The lowest BCUT2D eigenvalue weighted by Gasteiger charge is -2.17. The highest BCUT2D eigenvalue weighted by atomic mass is 16.2. The molecule has 0 spiro atoms. The third kappa shape index (κ3) is 4.88. The van der Waals surface area contributed by atoms with E-state index < -0.39 is 0 Å². The van der Waals surface area contributed by atoms with Gasteiger partial charge in [0.15, 0.2) is 5.65 Å². The second kappa shape index (κ2) is 9.82. The molecule has 4 amide bonds. The van der Waals surface area contributed by atoms with Gasteiger partial charge in [0, 0.05) is 43.2 Å². The molecule has 2 N–H and O–H groups in total. The van der Waals surface area contributed by atoms with E-state index in [0.717, 1.165) is 29.0 Å². The van der Waals surface area contributed by atoms with Crippen LogP contribution in [0.3, 0.4) is 0 Å². The molecule has 5 heterocycles. The minimum absolute atomic E-state index is 0.0137. The van der Waals surface area contributed by atoms with Crippen LogP contribution in [0.25, 0.3) is 5.65 Å². The number of hydrogen-bond acceptors (Lipinski definition) is 10. The van der Waals surface area contributed by atoms with E-state index in [9.17, 15) is 14.4 Å². The van der Waals surface area contributed by atoms with Gasteiger partial charge in [0.05, 0.1) is 17.9 Å². The number of fused-ring (bicyclic) bond motifs is 1. The number of likely N-dealkylation sites (N-methyl/N-ethyl adjacent to an activating group) is 1. The first-order valence-corrected chi connectivity index (χ1v) is 13.9. The van der Waals surface area contributed by atoms with Crippen LogP contribution in [0.5, 0.6) is 0 Å². The first kappa shape index (κ1) is 25.9. The number of aryl methyl sites for hydroxylation is 2. The van der Waals surface area contributed by atoms with Crippen LogP contribution >= 0.6 is 0 Å². The van der Waals surface area contributed by atoms with Crippen molar-refractivity contribution in [2.45, 2.75) is 51.5 Å². The van der Waals surface area contributed by atoms with Gasteiger partial charge in [-0.15, -0.1) is 0 Å². The van der Waals surface area contributed by atoms with Gasteiger partial charge in [0.2, 0.25) is 23.7 Å². The fraction of sp³-hybridized carbons (Fsp3) is 0.393. The predicted molar refractivity (Wildman–Crippen MR) is 151 cm³/mol. The Morgan fingerprint density at radius 2 is 1.86 bits per heavy atom. The smallest absolute Gasteiger partial charge is 0.331 e. The molecule has 2 saturated carbocycles. The summed E-state index contributed by atoms with van der Waals surface area (Å²) >= 11 is 0. The average Bonchev–Trinajstić information content (AvgIpc) is 3.88. The number of anilines is 3. The molecule has 3 aliphatic rings. The van der Waals surface area contributed by atoms with Gasteiger partial charge in [-0.05, 0) is 56.7 Å². The van der Waals surface area contributed by atoms with Crippen LogP contribution < -0.4 is 15.5 Å². The number of urea groups is 1. The Bertz CT molecular complexity index is 1770. The number of carbonyl (C=O) groups excluding carboxylic acids is 3. The molecular weight excluding hydrogens is 538 g/mol. The number of nitrogens with one attached hydrogen (secondary N) is 2. The molecule has 1 saturated heterocycles. The van der Waals surface area contributed by atoms with Crippen molar-refractivity contribution in [2.24, 2.45) is 5.92 Å². The summed E-state index contributed by atoms with van der Waals surface area (Å²) in [5, 5.41) is 5.98. The number of carbonyl (C=O) groups is 3. The summed E-state index contributed by atoms with van der Waals surface area (Å²) in [5.74, 6) is 1.36. The number of aromatic nitrogens is 7. The summed E-state index contributed by atoms with van der Waals surface area (Å²) in [4.78, 5) is 67.1. The van der Waals surface area contributed by atoms with Crippen LogP contribution in [0, 0.1) is 19.8 Å². The van der Waals surface area contributed by atoms with Crippen molar-refractivity contribution in [3.05, 3.63) is 59.3 Å². The Morgan fingerprint density at radius 1 is 1.05 bits per heavy atom. The van der Waals surface area contributed by atoms with Crippen LogP contribution in [-0.2, 0) is 16.1 Å². The SMILES string of the molecule is Cc1ccnc(C2CC2C(=O)Nc2nc(C)nc(NCc3cn4cc(C5CC5)cc(N5CC(=O)N(C)C5=O)c4n3)n2)n1. The zero-order chi connectivity index (χ0) is 29.1. The second-order valence-electron chi connectivity index (χ2n) is 11.1. The summed E-state index contributed by atoms with van der Waals surface area (Å²) < 4.78 is 1.91. The number of pyridine rings is 1. The van der Waals surface area contributed by atoms with E-state index in [2.05, 4.69) is 35.6 Å². The molecule has 1 aliphatic heterocycles. The second-order valence-corrected chi connectivity index (χ2v) is 11.1. The lowest BCUT2D eigenvalue weighted by Crippen LogP contribution is -2.30. The Balaban J connectivity index is 1.07. The van der Waals surface area contributed by atoms with Gasteiger partial charge in [-0.25, -0.2) is 19.7 Å². The molecule has 214 valence electrons. The lowest BCUT2D eigenvalue weighted by atomic mass is 10.1. The summed E-state index contributed by atoms with van der Waals surface area (Å²) in [5.41, 5.74) is 3.88. The molecule has 0 aromatic carbocycles. The van der Waals surface area contributed by atoms with Gasteiger partial charge >= 0.3 is 6.03 Å². The summed E-state index contributed by atoms with van der Waals surface area (Å²) in [6.07, 6.45) is 8.50. The number of rotatable bonds is 8. The van der Waals surface area contributed by atoms with Gasteiger partial charge in [0.1, 0.15) is 18.2 Å². The quantitative estimate of drug-likeness (QED) is 0.302. The highest BCUT2D eigenvalue weighted by Gasteiger charge is 2.46. The van der Waals surface area contributed by atoms with Crippen LogP contribution in [0.15, 0.2) is 30.7 Å². The van der Waals surface area contributed by atoms with Crippen molar-refractivity contribution in [3.8, 4) is 0 Å². The Kier molecular flexibility index (Phi) is 6.06. The molecule has 4 aromatic heterocycles. The van der Waals surface area contributed by atoms with Crippen molar-refractivity contribution in [3.63, 3.8) is 0 Å². The number of imide groups is 1. The maximum Gasteiger partial charge on any atom is 0.331 e. The first-order valence-electron chi connectivity index (χ1n) is 13.9. The highest BCUT2D eigenvalue weighted by Crippen LogP contribution is 2.46. The molecule has 2 unspecified atom stereocenters. The molecular formula is C28H29N11O3. The van der Waals surface area contributed by atoms with Crippen molar-refractivity contribution in [1.82, 2.24) is 39.2 Å². The summed E-state index contributed by atoms with van der Waals surface area (Å²) in [6, 6.07) is 3.44. The van der Waals surface area contributed by atoms with Crippen molar-refractivity contribution in [2.75, 3.05) is 29.1 Å². The Hall–Kier alpha value is -5.01. The van der Waals surface area contributed by atoms with Crippen molar-refractivity contribution < 1.29 is 14.4 Å². The van der Waals surface area contributed by atoms with Gasteiger partial charge in [0.25, 0.3) is 0 Å². The van der Waals surface area contributed by atoms with E-state index in [-0.39, 0.29) is 42.2 Å². The molecule has 14 heteroatoms. The van der Waals surface area contributed by atoms with Crippen LogP contribution in [0.1, 0.15) is 59.7 Å². The topological polar surface area (TPSA) is 164 Å². The zero-order valence-electron chi connectivity index (χ0n) is 23.4. The van der Waals surface area contributed by atoms with Gasteiger partial charge in [-0.3, -0.25) is 24.7 Å². The number of nitrogens with zero attached hydrogens (tertiary/aromatic N) is 9. The number of amides is 4. The fourth-order valence-corrected chi connectivity index (χ4v) is 5.27. The maximum absolute atomic E-state index is 12.9. The zero-order valence-corrected chi connectivity index (χ0v) is 23.4. The van der Waals surface area contributed by atoms with E-state index in [4.69, 9.17) is 4.98 Å². The monoisotopic (exact) mass is 567 g/mol. The van der Waals surface area contributed by atoms with Gasteiger partial charge in [-0.2, -0.15) is 15.0 Å². The van der Waals surface area contributed by atoms with E-state index in [1.54, 1.807) is 13.1 Å². The molecule has 42 heavy (non-hydrogen) atoms. The molecule has 0 bridgehead atoms. The number of hydrogen-bond donors (Lipinski definition) is 2. The average molecular weight is 568 g/mol. The van der Waals surface area contributed by atoms with Gasteiger partial charge < -0.3 is 9.72 Å². The van der Waals surface area contributed by atoms with E-state index in [1.165, 1.54) is 11.9 Å². The normalized spacial score (nSPS) is 20.0.